The van der Waals surface area contributed by atoms with Crippen LogP contribution in [0.1, 0.15) is 332 Å². The molecule has 0 amide bonds. The minimum Gasteiger partial charge on any atom is -0.366 e. The van der Waals surface area contributed by atoms with Crippen LogP contribution in [0.4, 0.5) is 0 Å². The number of unbranched alkanes of at least 4 members (excludes halogenated alkanes) is 36. The van der Waals surface area contributed by atoms with Crippen LogP contribution in [0.3, 0.4) is 0 Å². The summed E-state index contributed by atoms with van der Waals surface area (Å²) in [6.07, 6.45) is 60.8. The van der Waals surface area contributed by atoms with Crippen LogP contribution < -0.4 is 0 Å². The summed E-state index contributed by atoms with van der Waals surface area (Å²) in [5.74, 6) is 0. The van der Waals surface area contributed by atoms with Gasteiger partial charge in [0.25, 0.3) is 0 Å². The minimum absolute atomic E-state index is 0.171. The van der Waals surface area contributed by atoms with E-state index in [1.54, 1.807) is 0 Å². The Balaban J connectivity index is 2.01. The summed E-state index contributed by atoms with van der Waals surface area (Å²) < 4.78 is 7.41. The Kier molecular flexibility index (Phi) is 40.4. The smallest absolute Gasteiger partial charge is 0.0833 e. The molecule has 0 saturated heterocycles. The topological polar surface area (TPSA) is 9.23 Å². The van der Waals surface area contributed by atoms with Crippen molar-refractivity contribution < 1.29 is 4.74 Å². The lowest BCUT2D eigenvalue weighted by Crippen LogP contribution is -2.12. The molecule has 0 heterocycles. The number of benzene rings is 2. The van der Waals surface area contributed by atoms with Gasteiger partial charge in [-0.15, -0.1) is 0 Å². The fourth-order valence-electron chi connectivity index (χ4n) is 9.89. The van der Waals surface area contributed by atoms with Gasteiger partial charge in [-0.2, -0.15) is 0 Å². The molecular formula is C62H110O. The minimum atomic E-state index is 0.171. The van der Waals surface area contributed by atoms with Crippen molar-refractivity contribution >= 4 is 0 Å². The molecule has 2 rings (SSSR count). The maximum absolute atomic E-state index is 7.41. The lowest BCUT2D eigenvalue weighted by atomic mass is 9.96. The molecule has 2 unspecified atom stereocenters. The second kappa shape index (κ2) is 44.2. The summed E-state index contributed by atoms with van der Waals surface area (Å²) in [6.45, 7) is 9.26. The van der Waals surface area contributed by atoms with Crippen molar-refractivity contribution in [3.63, 3.8) is 0 Å². The molecule has 2 atom stereocenters. The fourth-order valence-corrected chi connectivity index (χ4v) is 9.89. The molecule has 2 aromatic rings. The first-order valence-electron chi connectivity index (χ1n) is 29.0. The highest BCUT2D eigenvalue weighted by Crippen LogP contribution is 2.35. The highest BCUT2D eigenvalue weighted by molar-refractivity contribution is 5.27. The first kappa shape index (κ1) is 57.5. The standard InChI is InChI=1S/C62H110O/c1-5-9-13-17-21-23-25-27-29-31-35-39-43-47-61(59-53-49-57(50-54-59)45-41-37-33-19-15-11-7-3)63-62(48-44-40-36-32-30-28-26-24-22-18-14-10-6-2)60-55-51-58(52-56-60)46-42-38-34-20-16-12-8-4/h49-56,61-62H,5-48H2,1-4H3. The Morgan fingerprint density at radius 2 is 0.460 bits per heavy atom. The molecule has 0 bridgehead atoms. The van der Waals surface area contributed by atoms with Crippen molar-refractivity contribution in [2.24, 2.45) is 0 Å². The number of ether oxygens (including phenoxy) is 1. The Morgan fingerprint density at radius 1 is 0.254 bits per heavy atom. The van der Waals surface area contributed by atoms with Crippen LogP contribution in [-0.2, 0) is 17.6 Å². The summed E-state index contributed by atoms with van der Waals surface area (Å²) in [5, 5.41) is 0. The number of aryl methyl sites for hydroxylation is 2. The van der Waals surface area contributed by atoms with Gasteiger partial charge in [-0.1, -0.05) is 320 Å². The van der Waals surface area contributed by atoms with Crippen LogP contribution in [0, 0.1) is 0 Å². The van der Waals surface area contributed by atoms with E-state index in [0.717, 1.165) is 12.8 Å². The first-order chi connectivity index (χ1) is 31.2. The Bertz CT molecular complexity index is 1090. The van der Waals surface area contributed by atoms with Crippen molar-refractivity contribution in [3.8, 4) is 0 Å². The average Bonchev–Trinajstić information content (AvgIpc) is 3.31. The van der Waals surface area contributed by atoms with Crippen molar-refractivity contribution in [3.05, 3.63) is 70.8 Å². The third-order valence-electron chi connectivity index (χ3n) is 14.3. The molecule has 1 heteroatoms. The first-order valence-corrected chi connectivity index (χ1v) is 29.0. The van der Waals surface area contributed by atoms with Gasteiger partial charge in [-0.3, -0.25) is 0 Å². The third-order valence-corrected chi connectivity index (χ3v) is 14.3. The third kappa shape index (κ3) is 33.5. The molecule has 0 radical (unpaired) electrons. The summed E-state index contributed by atoms with van der Waals surface area (Å²) in [5.41, 5.74) is 5.82. The zero-order chi connectivity index (χ0) is 44.9. The molecule has 0 aliphatic carbocycles. The molecule has 0 fully saturated rings. The summed E-state index contributed by atoms with van der Waals surface area (Å²) in [6, 6.07) is 19.5. The highest BCUT2D eigenvalue weighted by atomic mass is 16.5. The molecule has 0 aromatic heterocycles. The van der Waals surface area contributed by atoms with Gasteiger partial charge in [-0.25, -0.2) is 0 Å². The molecule has 0 spiro atoms. The highest BCUT2D eigenvalue weighted by Gasteiger charge is 2.20. The number of hydrogen-bond donors (Lipinski definition) is 0. The molecule has 0 aliphatic rings. The van der Waals surface area contributed by atoms with E-state index in [1.807, 2.05) is 0 Å². The predicted octanol–water partition coefficient (Wildman–Crippen LogP) is 22.0. The zero-order valence-corrected chi connectivity index (χ0v) is 43.3. The average molecular weight is 872 g/mol. The van der Waals surface area contributed by atoms with E-state index in [1.165, 1.54) is 292 Å². The van der Waals surface area contributed by atoms with Crippen LogP contribution in [0.5, 0.6) is 0 Å². The van der Waals surface area contributed by atoms with Crippen LogP contribution >= 0.6 is 0 Å². The predicted molar refractivity (Wildman–Crippen MR) is 283 cm³/mol. The van der Waals surface area contributed by atoms with Crippen molar-refractivity contribution in [2.75, 3.05) is 0 Å². The van der Waals surface area contributed by atoms with E-state index >= 15 is 0 Å². The maximum Gasteiger partial charge on any atom is 0.0833 e. The lowest BCUT2D eigenvalue weighted by molar-refractivity contribution is -0.0264. The van der Waals surface area contributed by atoms with E-state index in [9.17, 15) is 0 Å². The summed E-state index contributed by atoms with van der Waals surface area (Å²) in [4.78, 5) is 0. The molecule has 2 aromatic carbocycles. The molecule has 0 saturated carbocycles. The molecular weight excluding hydrogens is 761 g/mol. The number of hydrogen-bond acceptors (Lipinski definition) is 1. The van der Waals surface area contributed by atoms with Crippen LogP contribution in [0.15, 0.2) is 48.5 Å². The Hall–Kier alpha value is -1.60. The maximum atomic E-state index is 7.41. The summed E-state index contributed by atoms with van der Waals surface area (Å²) >= 11 is 0. The van der Waals surface area contributed by atoms with Crippen LogP contribution in [0.25, 0.3) is 0 Å². The van der Waals surface area contributed by atoms with Gasteiger partial charge in [-0.05, 0) is 60.8 Å². The molecule has 0 aliphatic heterocycles. The number of rotatable bonds is 48. The van der Waals surface area contributed by atoms with Gasteiger partial charge in [0.15, 0.2) is 0 Å². The van der Waals surface area contributed by atoms with Gasteiger partial charge < -0.3 is 4.74 Å². The van der Waals surface area contributed by atoms with Crippen LogP contribution in [-0.4, -0.2) is 0 Å². The van der Waals surface area contributed by atoms with Crippen molar-refractivity contribution in [1.82, 2.24) is 0 Å². The van der Waals surface area contributed by atoms with E-state index in [0.29, 0.717) is 0 Å². The quantitative estimate of drug-likeness (QED) is 0.0602. The largest absolute Gasteiger partial charge is 0.366 e. The monoisotopic (exact) mass is 871 g/mol. The zero-order valence-electron chi connectivity index (χ0n) is 43.3. The van der Waals surface area contributed by atoms with Gasteiger partial charge >= 0.3 is 0 Å². The molecule has 1 nitrogen and oxygen atoms in total. The second-order valence-electron chi connectivity index (χ2n) is 20.4. The normalized spacial score (nSPS) is 12.6. The lowest BCUT2D eigenvalue weighted by Gasteiger charge is -2.27. The SMILES string of the molecule is CCCCCCCCCCCCCCCC(OC(CCCCCCCCCCCCCCC)c1ccc(CCCCCCCCC)cc1)c1ccc(CCCCCCCCC)cc1. The van der Waals surface area contributed by atoms with Crippen molar-refractivity contribution in [2.45, 2.75) is 322 Å². The molecule has 63 heavy (non-hydrogen) atoms. The molecule has 0 N–H and O–H groups in total. The van der Waals surface area contributed by atoms with Gasteiger partial charge in [0.05, 0.1) is 12.2 Å². The molecule has 364 valence electrons. The van der Waals surface area contributed by atoms with E-state index in [4.69, 9.17) is 4.74 Å². The van der Waals surface area contributed by atoms with Gasteiger partial charge in [0.2, 0.25) is 0 Å². The van der Waals surface area contributed by atoms with Gasteiger partial charge in [0, 0.05) is 0 Å². The summed E-state index contributed by atoms with van der Waals surface area (Å²) in [7, 11) is 0. The Morgan fingerprint density at radius 3 is 0.698 bits per heavy atom. The van der Waals surface area contributed by atoms with E-state index in [2.05, 4.69) is 76.2 Å². The van der Waals surface area contributed by atoms with E-state index in [-0.39, 0.29) is 12.2 Å². The van der Waals surface area contributed by atoms with E-state index < -0.39 is 0 Å². The second-order valence-corrected chi connectivity index (χ2v) is 20.4. The van der Waals surface area contributed by atoms with Crippen molar-refractivity contribution in [1.29, 1.82) is 0 Å². The fraction of sp³-hybridized carbons (Fsp3) is 0.806. The van der Waals surface area contributed by atoms with Gasteiger partial charge in [0.1, 0.15) is 0 Å². The van der Waals surface area contributed by atoms with Crippen LogP contribution in [0.2, 0.25) is 0 Å². The Labute approximate surface area is 396 Å².